The number of aromatic nitrogens is 2. The van der Waals surface area contributed by atoms with Crippen molar-refractivity contribution in [2.45, 2.75) is 37.8 Å². The Hall–Kier alpha value is -1.59. The van der Waals surface area contributed by atoms with Gasteiger partial charge in [-0.25, -0.2) is 9.37 Å². The van der Waals surface area contributed by atoms with Crippen LogP contribution in [0.15, 0.2) is 18.2 Å². The molecule has 20 heavy (non-hydrogen) atoms. The van der Waals surface area contributed by atoms with E-state index in [2.05, 4.69) is 9.97 Å². The second kappa shape index (κ2) is 4.75. The Morgan fingerprint density at radius 2 is 2.00 bits per heavy atom. The van der Waals surface area contributed by atoms with Crippen molar-refractivity contribution in [3.63, 3.8) is 0 Å². The number of benzene rings is 1. The molecule has 1 aliphatic rings. The molecule has 0 aliphatic heterocycles. The van der Waals surface area contributed by atoms with Crippen LogP contribution in [0.3, 0.4) is 0 Å². The lowest BCUT2D eigenvalue weighted by molar-refractivity contribution is -0.183. The monoisotopic (exact) mass is 286 g/mol. The van der Waals surface area contributed by atoms with Crippen molar-refractivity contribution in [1.29, 1.82) is 0 Å². The van der Waals surface area contributed by atoms with Crippen LogP contribution in [-0.2, 0) is 0 Å². The second-order valence-electron chi connectivity index (χ2n) is 5.39. The molecule has 0 saturated heterocycles. The summed E-state index contributed by atoms with van der Waals surface area (Å²) < 4.78 is 51.5. The number of hydrogen-bond acceptors (Lipinski definition) is 1. The van der Waals surface area contributed by atoms with Gasteiger partial charge in [0, 0.05) is 5.92 Å². The Balaban J connectivity index is 1.87. The molecule has 1 heterocycles. The number of nitrogens with one attached hydrogen (secondary N) is 1. The van der Waals surface area contributed by atoms with Crippen LogP contribution in [0, 0.1) is 11.7 Å². The summed E-state index contributed by atoms with van der Waals surface area (Å²) in [7, 11) is 0. The number of imidazole rings is 1. The lowest BCUT2D eigenvalue weighted by Crippen LogP contribution is -2.28. The number of alkyl halides is 3. The molecule has 0 spiro atoms. The molecule has 0 radical (unpaired) electrons. The zero-order valence-electron chi connectivity index (χ0n) is 10.7. The molecule has 3 rings (SSSR count). The van der Waals surface area contributed by atoms with E-state index in [9.17, 15) is 17.6 Å². The number of H-pyrrole nitrogens is 1. The van der Waals surface area contributed by atoms with Crippen molar-refractivity contribution in [3.8, 4) is 0 Å². The molecule has 2 atom stereocenters. The van der Waals surface area contributed by atoms with Crippen LogP contribution in [0.5, 0.6) is 0 Å². The smallest absolute Gasteiger partial charge is 0.342 e. The summed E-state index contributed by atoms with van der Waals surface area (Å²) in [5.41, 5.74) is 1.13. The molecule has 1 fully saturated rings. The maximum atomic E-state index is 13.1. The Labute approximate surface area is 113 Å². The summed E-state index contributed by atoms with van der Waals surface area (Å²) in [6, 6.07) is 4.15. The molecule has 2 aromatic rings. The van der Waals surface area contributed by atoms with Crippen LogP contribution >= 0.6 is 0 Å². The SMILES string of the molecule is Fc1ccc2nc(C3CCCC(C(F)(F)F)C3)[nH]c2c1. The van der Waals surface area contributed by atoms with Crippen LogP contribution in [0.4, 0.5) is 17.6 Å². The minimum absolute atomic E-state index is 0.0613. The van der Waals surface area contributed by atoms with Crippen molar-refractivity contribution in [2.24, 2.45) is 5.92 Å². The maximum Gasteiger partial charge on any atom is 0.391 e. The van der Waals surface area contributed by atoms with Gasteiger partial charge in [0.05, 0.1) is 17.0 Å². The lowest BCUT2D eigenvalue weighted by Gasteiger charge is -2.29. The van der Waals surface area contributed by atoms with Gasteiger partial charge in [0.2, 0.25) is 0 Å². The predicted octanol–water partition coefficient (Wildman–Crippen LogP) is 4.54. The predicted molar refractivity (Wildman–Crippen MR) is 66.8 cm³/mol. The molecular formula is C14H14F4N2. The topological polar surface area (TPSA) is 28.7 Å². The van der Waals surface area contributed by atoms with Gasteiger partial charge < -0.3 is 4.98 Å². The van der Waals surface area contributed by atoms with Crippen molar-refractivity contribution in [3.05, 3.63) is 29.8 Å². The van der Waals surface area contributed by atoms with Crippen LogP contribution in [0.1, 0.15) is 37.4 Å². The van der Waals surface area contributed by atoms with Crippen LogP contribution in [0.2, 0.25) is 0 Å². The Morgan fingerprint density at radius 3 is 2.75 bits per heavy atom. The highest BCUT2D eigenvalue weighted by Crippen LogP contribution is 2.43. The lowest BCUT2D eigenvalue weighted by atomic mass is 9.80. The van der Waals surface area contributed by atoms with Crippen LogP contribution < -0.4 is 0 Å². The van der Waals surface area contributed by atoms with E-state index in [4.69, 9.17) is 0 Å². The van der Waals surface area contributed by atoms with E-state index in [1.807, 2.05) is 0 Å². The highest BCUT2D eigenvalue weighted by atomic mass is 19.4. The largest absolute Gasteiger partial charge is 0.391 e. The molecule has 2 nitrogen and oxygen atoms in total. The number of halogens is 4. The molecule has 2 unspecified atom stereocenters. The first-order valence-electron chi connectivity index (χ1n) is 6.65. The first-order valence-corrected chi connectivity index (χ1v) is 6.65. The fraction of sp³-hybridized carbons (Fsp3) is 0.500. The third-order valence-electron chi connectivity index (χ3n) is 3.99. The van der Waals surface area contributed by atoms with Gasteiger partial charge in [-0.05, 0) is 37.5 Å². The minimum Gasteiger partial charge on any atom is -0.342 e. The first kappa shape index (κ1) is 13.4. The summed E-state index contributed by atoms with van der Waals surface area (Å²) in [5.74, 6) is -1.33. The Bertz CT molecular complexity index is 617. The molecule has 0 bridgehead atoms. The van der Waals surface area contributed by atoms with Gasteiger partial charge in [-0.2, -0.15) is 13.2 Å². The first-order chi connectivity index (χ1) is 9.43. The quantitative estimate of drug-likeness (QED) is 0.766. The van der Waals surface area contributed by atoms with E-state index >= 15 is 0 Å². The summed E-state index contributed by atoms with van der Waals surface area (Å²) in [4.78, 5) is 7.26. The van der Waals surface area contributed by atoms with Crippen molar-refractivity contribution >= 4 is 11.0 Å². The number of aromatic amines is 1. The fourth-order valence-corrected chi connectivity index (χ4v) is 2.93. The van der Waals surface area contributed by atoms with E-state index in [0.29, 0.717) is 29.7 Å². The van der Waals surface area contributed by atoms with Crippen molar-refractivity contribution in [2.75, 3.05) is 0 Å². The fourth-order valence-electron chi connectivity index (χ4n) is 2.93. The van der Waals surface area contributed by atoms with E-state index in [1.165, 1.54) is 18.2 Å². The molecular weight excluding hydrogens is 272 g/mol. The number of rotatable bonds is 1. The molecule has 108 valence electrons. The van der Waals surface area contributed by atoms with Gasteiger partial charge in [-0.3, -0.25) is 0 Å². The average molecular weight is 286 g/mol. The number of hydrogen-bond donors (Lipinski definition) is 1. The van der Waals surface area contributed by atoms with Crippen LogP contribution in [0.25, 0.3) is 11.0 Å². The number of fused-ring (bicyclic) bond motifs is 1. The molecule has 1 aromatic carbocycles. The third-order valence-corrected chi connectivity index (χ3v) is 3.99. The summed E-state index contributed by atoms with van der Waals surface area (Å²) in [6.45, 7) is 0. The van der Waals surface area contributed by atoms with E-state index in [0.717, 1.165) is 0 Å². The molecule has 6 heteroatoms. The third kappa shape index (κ3) is 2.51. The maximum absolute atomic E-state index is 13.1. The number of nitrogens with zero attached hydrogens (tertiary/aromatic N) is 1. The highest BCUT2D eigenvalue weighted by molar-refractivity contribution is 5.75. The normalized spacial score (nSPS) is 24.2. The molecule has 1 N–H and O–H groups in total. The van der Waals surface area contributed by atoms with Crippen molar-refractivity contribution in [1.82, 2.24) is 9.97 Å². The van der Waals surface area contributed by atoms with E-state index in [1.54, 1.807) is 0 Å². The highest BCUT2D eigenvalue weighted by Gasteiger charge is 2.42. The Morgan fingerprint density at radius 1 is 1.20 bits per heavy atom. The standard InChI is InChI=1S/C14H14F4N2/c15-10-4-5-11-12(7-10)20-13(19-11)8-2-1-3-9(6-8)14(16,17)18/h4-5,7-9H,1-3,6H2,(H,19,20). The van der Waals surface area contributed by atoms with E-state index in [-0.39, 0.29) is 24.6 Å². The van der Waals surface area contributed by atoms with Gasteiger partial charge in [-0.15, -0.1) is 0 Å². The minimum atomic E-state index is -4.14. The van der Waals surface area contributed by atoms with Gasteiger partial charge in [0.1, 0.15) is 11.6 Å². The van der Waals surface area contributed by atoms with Gasteiger partial charge >= 0.3 is 6.18 Å². The zero-order chi connectivity index (χ0) is 14.3. The van der Waals surface area contributed by atoms with Gasteiger partial charge in [-0.1, -0.05) is 6.42 Å². The molecule has 0 amide bonds. The molecule has 1 saturated carbocycles. The van der Waals surface area contributed by atoms with Crippen LogP contribution in [-0.4, -0.2) is 16.1 Å². The van der Waals surface area contributed by atoms with Gasteiger partial charge in [0.15, 0.2) is 0 Å². The molecule has 1 aromatic heterocycles. The summed E-state index contributed by atoms with van der Waals surface area (Å²) in [6.07, 6.45) is -2.66. The summed E-state index contributed by atoms with van der Waals surface area (Å²) >= 11 is 0. The van der Waals surface area contributed by atoms with E-state index < -0.39 is 12.1 Å². The molecule has 1 aliphatic carbocycles. The summed E-state index contributed by atoms with van der Waals surface area (Å²) in [5, 5.41) is 0. The van der Waals surface area contributed by atoms with Gasteiger partial charge in [0.25, 0.3) is 0 Å². The average Bonchev–Trinajstić information content (AvgIpc) is 2.81. The Kier molecular flexibility index (Phi) is 3.18. The zero-order valence-corrected chi connectivity index (χ0v) is 10.7. The second-order valence-corrected chi connectivity index (χ2v) is 5.39. The van der Waals surface area contributed by atoms with Crippen molar-refractivity contribution < 1.29 is 17.6 Å².